The fourth-order valence-corrected chi connectivity index (χ4v) is 5.11. The first kappa shape index (κ1) is 25.9. The minimum Gasteiger partial charge on any atom is -0.267 e. The van der Waals surface area contributed by atoms with Gasteiger partial charge in [-0.05, 0) is 60.0 Å². The fourth-order valence-electron chi connectivity index (χ4n) is 3.67. The van der Waals surface area contributed by atoms with Gasteiger partial charge in [0.25, 0.3) is 5.91 Å². The topological polar surface area (TPSA) is 78.8 Å². The first-order valence-electron chi connectivity index (χ1n) is 11.6. The highest BCUT2D eigenvalue weighted by Gasteiger charge is 2.25. The second kappa shape index (κ2) is 11.7. The van der Waals surface area contributed by atoms with Crippen LogP contribution in [0, 0.1) is 5.82 Å². The van der Waals surface area contributed by atoms with E-state index in [1.165, 1.54) is 16.4 Å². The number of hydrazone groups is 1. The summed E-state index contributed by atoms with van der Waals surface area (Å²) in [5.74, 6) is -0.759. The van der Waals surface area contributed by atoms with Crippen LogP contribution in [0.2, 0.25) is 0 Å². The summed E-state index contributed by atoms with van der Waals surface area (Å²) in [5.41, 5.74) is 5.70. The third kappa shape index (κ3) is 6.75. The summed E-state index contributed by atoms with van der Waals surface area (Å²) in [6.45, 7) is 2.05. The molecule has 0 aliphatic carbocycles. The van der Waals surface area contributed by atoms with Gasteiger partial charge >= 0.3 is 0 Å². The third-order valence-corrected chi connectivity index (χ3v) is 7.55. The number of hydrogen-bond donors (Lipinski definition) is 1. The van der Waals surface area contributed by atoms with Gasteiger partial charge in [-0.2, -0.15) is 9.41 Å². The molecule has 0 fully saturated rings. The van der Waals surface area contributed by atoms with Crippen molar-refractivity contribution in [2.75, 3.05) is 0 Å². The second-order valence-corrected chi connectivity index (χ2v) is 10.4. The lowest BCUT2D eigenvalue weighted by Crippen LogP contribution is -2.30. The number of nitrogens with zero attached hydrogens (tertiary/aromatic N) is 2. The maximum Gasteiger partial charge on any atom is 0.271 e. The Morgan fingerprint density at radius 2 is 1.27 bits per heavy atom. The van der Waals surface area contributed by atoms with Crippen molar-refractivity contribution in [1.82, 2.24) is 9.73 Å². The predicted octanol–water partition coefficient (Wildman–Crippen LogP) is 5.37. The van der Waals surface area contributed by atoms with Crippen LogP contribution in [-0.2, 0) is 23.1 Å². The molecule has 1 amide bonds. The van der Waals surface area contributed by atoms with Gasteiger partial charge < -0.3 is 0 Å². The molecule has 4 aromatic carbocycles. The van der Waals surface area contributed by atoms with Crippen LogP contribution in [0.4, 0.5) is 4.39 Å². The molecular formula is C29H26FN3O3S. The molecule has 4 aromatic rings. The normalized spacial score (nSPS) is 11.9. The minimum absolute atomic E-state index is 0.135. The number of hydrogen-bond acceptors (Lipinski definition) is 4. The molecule has 0 unspecified atom stereocenters. The Morgan fingerprint density at radius 1 is 0.757 bits per heavy atom. The highest BCUT2D eigenvalue weighted by atomic mass is 32.2. The summed E-state index contributed by atoms with van der Waals surface area (Å²) in [7, 11) is -3.76. The first-order valence-corrected chi connectivity index (χ1v) is 13.1. The molecule has 4 rings (SSSR count). The van der Waals surface area contributed by atoms with Gasteiger partial charge in [-0.25, -0.2) is 18.2 Å². The molecule has 6 nitrogen and oxygen atoms in total. The van der Waals surface area contributed by atoms with Crippen molar-refractivity contribution < 1.29 is 17.6 Å². The van der Waals surface area contributed by atoms with E-state index < -0.39 is 15.9 Å². The number of sulfonamides is 1. The number of rotatable bonds is 9. The van der Waals surface area contributed by atoms with Gasteiger partial charge in [0.05, 0.1) is 10.6 Å². The van der Waals surface area contributed by atoms with Gasteiger partial charge in [-0.3, -0.25) is 4.79 Å². The average Bonchev–Trinajstić information content (AvgIpc) is 2.93. The third-order valence-electron chi connectivity index (χ3n) is 5.74. The predicted molar refractivity (Wildman–Crippen MR) is 142 cm³/mol. The minimum atomic E-state index is -3.76. The molecule has 0 aliphatic rings. The summed E-state index contributed by atoms with van der Waals surface area (Å²) in [6.07, 6.45) is 0. The molecule has 8 heteroatoms. The van der Waals surface area contributed by atoms with Gasteiger partial charge in [0.1, 0.15) is 5.82 Å². The lowest BCUT2D eigenvalue weighted by atomic mass is 10.1. The lowest BCUT2D eigenvalue weighted by molar-refractivity contribution is 0.0954. The van der Waals surface area contributed by atoms with Crippen LogP contribution in [0.3, 0.4) is 0 Å². The zero-order chi connectivity index (χ0) is 26.3. The molecule has 0 atom stereocenters. The molecule has 0 bridgehead atoms. The summed E-state index contributed by atoms with van der Waals surface area (Å²) in [6, 6.07) is 30.2. The molecule has 188 valence electrons. The summed E-state index contributed by atoms with van der Waals surface area (Å²) >= 11 is 0. The number of carbonyl (C=O) groups excluding carboxylic acids is 1. The Hall–Kier alpha value is -4.14. The van der Waals surface area contributed by atoms with E-state index >= 15 is 0 Å². The smallest absolute Gasteiger partial charge is 0.267 e. The number of amides is 1. The average molecular weight is 516 g/mol. The van der Waals surface area contributed by atoms with Gasteiger partial charge in [0.15, 0.2) is 0 Å². The van der Waals surface area contributed by atoms with Crippen molar-refractivity contribution in [2.45, 2.75) is 24.9 Å². The molecule has 0 spiro atoms. The molecule has 0 radical (unpaired) electrons. The fraction of sp³-hybridized carbons (Fsp3) is 0.103. The van der Waals surface area contributed by atoms with Crippen molar-refractivity contribution in [2.24, 2.45) is 5.10 Å². The van der Waals surface area contributed by atoms with Crippen LogP contribution in [0.15, 0.2) is 119 Å². The first-order chi connectivity index (χ1) is 17.8. The zero-order valence-corrected chi connectivity index (χ0v) is 21.0. The molecule has 0 heterocycles. The highest BCUT2D eigenvalue weighted by Crippen LogP contribution is 2.21. The van der Waals surface area contributed by atoms with Crippen LogP contribution in [0.25, 0.3) is 0 Å². The zero-order valence-electron chi connectivity index (χ0n) is 20.2. The van der Waals surface area contributed by atoms with E-state index in [1.54, 1.807) is 73.7 Å². The van der Waals surface area contributed by atoms with Crippen LogP contribution in [0.1, 0.15) is 34.0 Å². The molecule has 0 aliphatic heterocycles. The van der Waals surface area contributed by atoms with Crippen LogP contribution in [-0.4, -0.2) is 24.3 Å². The van der Waals surface area contributed by atoms with Gasteiger partial charge in [0.2, 0.25) is 10.0 Å². The van der Waals surface area contributed by atoms with Crippen LogP contribution < -0.4 is 5.43 Å². The van der Waals surface area contributed by atoms with Crippen LogP contribution >= 0.6 is 0 Å². The van der Waals surface area contributed by atoms with Gasteiger partial charge in [0, 0.05) is 18.7 Å². The quantitative estimate of drug-likeness (QED) is 0.240. The van der Waals surface area contributed by atoms with Crippen molar-refractivity contribution >= 4 is 21.6 Å². The monoisotopic (exact) mass is 515 g/mol. The largest absolute Gasteiger partial charge is 0.271 e. The highest BCUT2D eigenvalue weighted by molar-refractivity contribution is 7.89. The van der Waals surface area contributed by atoms with Gasteiger partial charge in [-0.1, -0.05) is 72.8 Å². The van der Waals surface area contributed by atoms with E-state index in [9.17, 15) is 17.6 Å². The maximum absolute atomic E-state index is 13.4. The standard InChI is InChI=1S/C29H26FN3O3S/c1-22(25-16-18-27(30)19-17-25)31-32-29(34)26-14-12-24(13-15-26)21-33(20-23-8-4-2-5-9-23)37(35,36)28-10-6-3-7-11-28/h2-19H,20-21H2,1H3,(H,32,34)/b31-22+. The van der Waals surface area contributed by atoms with E-state index in [0.29, 0.717) is 16.8 Å². The Balaban J connectivity index is 1.49. The molecule has 0 saturated carbocycles. The maximum atomic E-state index is 13.4. The summed E-state index contributed by atoms with van der Waals surface area (Å²) in [5, 5.41) is 4.09. The van der Waals surface area contributed by atoms with E-state index in [-0.39, 0.29) is 23.8 Å². The van der Waals surface area contributed by atoms with Crippen molar-refractivity contribution in [3.8, 4) is 0 Å². The summed E-state index contributed by atoms with van der Waals surface area (Å²) in [4.78, 5) is 12.8. The lowest BCUT2D eigenvalue weighted by Gasteiger charge is -2.22. The van der Waals surface area contributed by atoms with Crippen molar-refractivity contribution in [3.63, 3.8) is 0 Å². The number of halogens is 1. The van der Waals surface area contributed by atoms with Crippen molar-refractivity contribution in [1.29, 1.82) is 0 Å². The van der Waals surface area contributed by atoms with E-state index in [0.717, 1.165) is 11.1 Å². The molecular weight excluding hydrogens is 489 g/mol. The molecule has 1 N–H and O–H groups in total. The summed E-state index contributed by atoms with van der Waals surface area (Å²) < 4.78 is 41.4. The van der Waals surface area contributed by atoms with Gasteiger partial charge in [-0.15, -0.1) is 0 Å². The van der Waals surface area contributed by atoms with Crippen molar-refractivity contribution in [3.05, 3.63) is 137 Å². The SMILES string of the molecule is C/C(=N\NC(=O)c1ccc(CN(Cc2ccccc2)S(=O)(=O)c2ccccc2)cc1)c1ccc(F)cc1. The Labute approximate surface area is 216 Å². The van der Waals surface area contributed by atoms with E-state index in [1.807, 2.05) is 30.3 Å². The second-order valence-electron chi connectivity index (χ2n) is 8.41. The molecule has 0 aromatic heterocycles. The van der Waals surface area contributed by atoms with E-state index in [2.05, 4.69) is 10.5 Å². The Bertz CT molecular complexity index is 1470. The Kier molecular flexibility index (Phi) is 8.22. The number of carbonyl (C=O) groups is 1. The van der Waals surface area contributed by atoms with Crippen LogP contribution in [0.5, 0.6) is 0 Å². The number of nitrogens with one attached hydrogen (secondary N) is 1. The molecule has 37 heavy (non-hydrogen) atoms. The Morgan fingerprint density at radius 3 is 1.86 bits per heavy atom. The van der Waals surface area contributed by atoms with E-state index in [4.69, 9.17) is 0 Å². The number of benzene rings is 4. The molecule has 0 saturated heterocycles.